The predicted molar refractivity (Wildman–Crippen MR) is 250 cm³/mol. The number of benzene rings is 8. The van der Waals surface area contributed by atoms with Crippen LogP contribution in [0.3, 0.4) is 0 Å². The van der Waals surface area contributed by atoms with E-state index in [1.807, 2.05) is 12.1 Å². The van der Waals surface area contributed by atoms with Gasteiger partial charge in [0.05, 0.1) is 27.9 Å². The summed E-state index contributed by atoms with van der Waals surface area (Å²) in [6.45, 7) is 0. The highest BCUT2D eigenvalue weighted by Gasteiger charge is 2.25. The van der Waals surface area contributed by atoms with E-state index in [2.05, 4.69) is 220 Å². The van der Waals surface area contributed by atoms with Crippen molar-refractivity contribution in [3.8, 4) is 62.4 Å². The summed E-state index contributed by atoms with van der Waals surface area (Å²) in [5.41, 5.74) is 14.2. The second-order valence-electron chi connectivity index (χ2n) is 15.3. The fourth-order valence-corrected chi connectivity index (χ4v) is 8.90. The van der Waals surface area contributed by atoms with E-state index in [4.69, 9.17) is 15.0 Å². The number of aromatic nitrogens is 6. The molecule has 8 aromatic carbocycles. The average Bonchev–Trinajstić information content (AvgIpc) is 3.99. The largest absolute Gasteiger partial charge is 0.309 e. The Balaban J connectivity index is 1.14. The Kier molecular flexibility index (Phi) is 8.06. The zero-order valence-corrected chi connectivity index (χ0v) is 33.0. The first kappa shape index (κ1) is 34.7. The lowest BCUT2D eigenvalue weighted by Gasteiger charge is -2.13. The smallest absolute Gasteiger partial charge is 0.165 e. The third-order valence-electron chi connectivity index (χ3n) is 11.6. The Morgan fingerprint density at radius 3 is 1.43 bits per heavy atom. The van der Waals surface area contributed by atoms with Gasteiger partial charge in [0.25, 0.3) is 0 Å². The molecule has 286 valence electrons. The standard InChI is InChI=1S/C55H36N6/c1-6-19-37(20-7-1)47-36-48(38-21-8-2-9-22-38)57-53(56-47)40-25-18-30-43(33-40)59-49-32-17-16-31-44(49)45-34-51-46(35-50(45)59)52-55(60(51)41-26-12-4-13-27-41)58-54(39-23-10-3-11-24-39)61(52)42-28-14-5-15-29-42/h1-36H. The van der Waals surface area contributed by atoms with E-state index in [0.717, 1.165) is 95.0 Å². The van der Waals surface area contributed by atoms with E-state index in [-0.39, 0.29) is 0 Å². The minimum Gasteiger partial charge on any atom is -0.309 e. The minimum absolute atomic E-state index is 0.673. The fraction of sp³-hybridized carbons (Fsp3) is 0. The van der Waals surface area contributed by atoms with Crippen molar-refractivity contribution in [2.24, 2.45) is 0 Å². The summed E-state index contributed by atoms with van der Waals surface area (Å²) in [6.07, 6.45) is 0. The Hall–Kier alpha value is -8.35. The average molecular weight is 781 g/mol. The molecule has 0 spiro atoms. The Bertz CT molecular complexity index is 3490. The fourth-order valence-electron chi connectivity index (χ4n) is 8.90. The maximum Gasteiger partial charge on any atom is 0.165 e. The zero-order valence-electron chi connectivity index (χ0n) is 33.0. The number of fused-ring (bicyclic) bond motifs is 6. The summed E-state index contributed by atoms with van der Waals surface area (Å²) in [5.74, 6) is 1.57. The summed E-state index contributed by atoms with van der Waals surface area (Å²) >= 11 is 0. The molecule has 0 unspecified atom stereocenters. The lowest BCUT2D eigenvalue weighted by Crippen LogP contribution is -1.99. The van der Waals surface area contributed by atoms with E-state index in [1.165, 1.54) is 5.39 Å². The van der Waals surface area contributed by atoms with Gasteiger partial charge in [-0.15, -0.1) is 0 Å². The Morgan fingerprint density at radius 1 is 0.295 bits per heavy atom. The molecular weight excluding hydrogens is 745 g/mol. The molecule has 61 heavy (non-hydrogen) atoms. The van der Waals surface area contributed by atoms with Gasteiger partial charge in [-0.05, 0) is 60.7 Å². The van der Waals surface area contributed by atoms with Crippen LogP contribution in [0.25, 0.3) is 106 Å². The Labute approximate surface area is 351 Å². The van der Waals surface area contributed by atoms with Crippen molar-refractivity contribution < 1.29 is 0 Å². The van der Waals surface area contributed by atoms with Crippen molar-refractivity contribution in [1.82, 2.24) is 28.7 Å². The van der Waals surface area contributed by atoms with Crippen molar-refractivity contribution >= 4 is 43.9 Å². The Morgan fingerprint density at radius 2 is 0.787 bits per heavy atom. The van der Waals surface area contributed by atoms with Gasteiger partial charge in [-0.2, -0.15) is 0 Å². The second-order valence-corrected chi connectivity index (χ2v) is 15.3. The summed E-state index contributed by atoms with van der Waals surface area (Å²) in [5, 5.41) is 3.44. The lowest BCUT2D eigenvalue weighted by molar-refractivity contribution is 1.10. The van der Waals surface area contributed by atoms with Gasteiger partial charge in [-0.3, -0.25) is 9.13 Å². The monoisotopic (exact) mass is 780 g/mol. The van der Waals surface area contributed by atoms with Crippen LogP contribution < -0.4 is 0 Å². The molecule has 0 aliphatic carbocycles. The van der Waals surface area contributed by atoms with Crippen molar-refractivity contribution in [1.29, 1.82) is 0 Å². The molecule has 12 rings (SSSR count). The SMILES string of the molecule is c1ccc(-c2cc(-c3ccccc3)nc(-c3cccc(-n4c5ccccc5c5cc6c(cc54)c4c(nc(-c5ccccc5)n4-c4ccccc4)n6-c4ccccc4)c3)n2)cc1. The highest BCUT2D eigenvalue weighted by Crippen LogP contribution is 2.42. The summed E-state index contributed by atoms with van der Waals surface area (Å²) in [7, 11) is 0. The summed E-state index contributed by atoms with van der Waals surface area (Å²) < 4.78 is 7.04. The molecule has 4 aromatic heterocycles. The van der Waals surface area contributed by atoms with Gasteiger partial charge in [0.2, 0.25) is 0 Å². The van der Waals surface area contributed by atoms with Crippen molar-refractivity contribution in [3.05, 3.63) is 218 Å². The molecule has 0 atom stereocenters. The maximum atomic E-state index is 5.50. The molecule has 0 amide bonds. The molecule has 6 heteroatoms. The first-order valence-corrected chi connectivity index (χ1v) is 20.5. The molecule has 0 N–H and O–H groups in total. The van der Waals surface area contributed by atoms with Crippen LogP contribution in [0.5, 0.6) is 0 Å². The third-order valence-corrected chi connectivity index (χ3v) is 11.6. The van der Waals surface area contributed by atoms with E-state index < -0.39 is 0 Å². The minimum atomic E-state index is 0.673. The van der Waals surface area contributed by atoms with Crippen molar-refractivity contribution in [2.75, 3.05) is 0 Å². The van der Waals surface area contributed by atoms with Crippen LogP contribution in [0.4, 0.5) is 0 Å². The van der Waals surface area contributed by atoms with Gasteiger partial charge < -0.3 is 4.57 Å². The number of imidazole rings is 1. The van der Waals surface area contributed by atoms with Crippen LogP contribution in [-0.2, 0) is 0 Å². The zero-order chi connectivity index (χ0) is 40.3. The van der Waals surface area contributed by atoms with E-state index in [1.54, 1.807) is 0 Å². The first-order valence-electron chi connectivity index (χ1n) is 20.5. The van der Waals surface area contributed by atoms with Gasteiger partial charge in [0.15, 0.2) is 11.5 Å². The van der Waals surface area contributed by atoms with Gasteiger partial charge in [0.1, 0.15) is 11.3 Å². The van der Waals surface area contributed by atoms with Crippen LogP contribution in [0.1, 0.15) is 0 Å². The van der Waals surface area contributed by atoms with Gasteiger partial charge in [0, 0.05) is 55.5 Å². The van der Waals surface area contributed by atoms with Crippen LogP contribution >= 0.6 is 0 Å². The molecule has 0 saturated carbocycles. The number of nitrogens with zero attached hydrogens (tertiary/aromatic N) is 6. The number of hydrogen-bond acceptors (Lipinski definition) is 3. The molecule has 4 heterocycles. The van der Waals surface area contributed by atoms with E-state index in [0.29, 0.717) is 5.82 Å². The van der Waals surface area contributed by atoms with Crippen molar-refractivity contribution in [2.45, 2.75) is 0 Å². The molecule has 0 aliphatic rings. The number of rotatable bonds is 7. The summed E-state index contributed by atoms with van der Waals surface area (Å²) in [6, 6.07) is 76.5. The molecular formula is C55H36N6. The molecule has 12 aromatic rings. The molecule has 6 nitrogen and oxygen atoms in total. The molecule has 0 radical (unpaired) electrons. The number of hydrogen-bond donors (Lipinski definition) is 0. The number of para-hydroxylation sites is 3. The van der Waals surface area contributed by atoms with Crippen LogP contribution in [-0.4, -0.2) is 28.7 Å². The van der Waals surface area contributed by atoms with Crippen LogP contribution in [0, 0.1) is 0 Å². The topological polar surface area (TPSA) is 53.5 Å². The van der Waals surface area contributed by atoms with Crippen LogP contribution in [0.15, 0.2) is 218 Å². The first-order chi connectivity index (χ1) is 30.3. The molecule has 0 bridgehead atoms. The molecule has 0 aliphatic heterocycles. The quantitative estimate of drug-likeness (QED) is 0.162. The lowest BCUT2D eigenvalue weighted by atomic mass is 10.1. The van der Waals surface area contributed by atoms with Gasteiger partial charge in [-0.25, -0.2) is 15.0 Å². The third kappa shape index (κ3) is 5.76. The van der Waals surface area contributed by atoms with Gasteiger partial charge >= 0.3 is 0 Å². The van der Waals surface area contributed by atoms with Gasteiger partial charge in [-0.1, -0.05) is 158 Å². The highest BCUT2D eigenvalue weighted by atomic mass is 15.2. The van der Waals surface area contributed by atoms with Crippen molar-refractivity contribution in [3.63, 3.8) is 0 Å². The molecule has 0 saturated heterocycles. The normalized spacial score (nSPS) is 11.6. The van der Waals surface area contributed by atoms with Crippen LogP contribution in [0.2, 0.25) is 0 Å². The van der Waals surface area contributed by atoms with E-state index in [9.17, 15) is 0 Å². The highest BCUT2D eigenvalue weighted by molar-refractivity contribution is 6.18. The maximum absolute atomic E-state index is 5.50. The predicted octanol–water partition coefficient (Wildman–Crippen LogP) is 13.5. The van der Waals surface area contributed by atoms with E-state index >= 15 is 0 Å². The summed E-state index contributed by atoms with van der Waals surface area (Å²) in [4.78, 5) is 15.9. The molecule has 0 fully saturated rings. The second kappa shape index (κ2) is 14.2.